The molecule has 2 N–H and O–H groups in total. The van der Waals surface area contributed by atoms with Crippen LogP contribution in [0.2, 0.25) is 0 Å². The Labute approximate surface area is 250 Å². The van der Waals surface area contributed by atoms with Gasteiger partial charge in [0.05, 0.1) is 38.0 Å². The third kappa shape index (κ3) is 12.4. The molecule has 0 saturated heterocycles. The third-order valence-corrected chi connectivity index (χ3v) is 5.62. The Morgan fingerprint density at radius 3 is 1.81 bits per heavy atom. The fourth-order valence-electron chi connectivity index (χ4n) is 3.59. The standard InChI is InChI=1S/C15H16F2N2O2.C15H20N2O2.C2H6.2H2/c1-3-13(20)19-12-6-11(14(21-2)18-9-12)5-4-10-7-15(16,17)8-10;1-5-14(18)17-13-9-12(8-6-7-11(2)3)15(19-4)16-10-13;1-2;;/h3-6,9-10H,1,7-8H2,2H3,(H,19,20);5-6,8-11H,1,7H2,2-4H3,(H,17,18);1-2H3;2*1H/b5-4+;8-6+;;;. The average molecular weight is 589 g/mol. The molecular formula is C32H46F2N4O4. The zero-order valence-electron chi connectivity index (χ0n) is 25.2. The number of amides is 2. The first-order valence-corrected chi connectivity index (χ1v) is 13.7. The highest BCUT2D eigenvalue weighted by atomic mass is 19.3. The minimum atomic E-state index is -2.54. The molecule has 232 valence electrons. The highest BCUT2D eigenvalue weighted by molar-refractivity contribution is 5.99. The Hall–Kier alpha value is -4.34. The van der Waals surface area contributed by atoms with Gasteiger partial charge in [-0.1, -0.05) is 65.2 Å². The number of pyridine rings is 2. The number of halogens is 2. The molecule has 42 heavy (non-hydrogen) atoms. The third-order valence-electron chi connectivity index (χ3n) is 5.62. The van der Waals surface area contributed by atoms with Crippen molar-refractivity contribution in [1.29, 1.82) is 0 Å². The van der Waals surface area contributed by atoms with Gasteiger partial charge in [0.15, 0.2) is 0 Å². The molecule has 1 saturated carbocycles. The van der Waals surface area contributed by atoms with Crippen LogP contribution in [0, 0.1) is 11.8 Å². The van der Waals surface area contributed by atoms with E-state index in [0.717, 1.165) is 18.1 Å². The molecule has 2 amide bonds. The van der Waals surface area contributed by atoms with Crippen LogP contribution in [0.3, 0.4) is 0 Å². The summed E-state index contributed by atoms with van der Waals surface area (Å²) in [4.78, 5) is 30.7. The largest absolute Gasteiger partial charge is 0.481 e. The van der Waals surface area contributed by atoms with Gasteiger partial charge in [0.25, 0.3) is 0 Å². The maximum Gasteiger partial charge on any atom is 0.249 e. The lowest BCUT2D eigenvalue weighted by Gasteiger charge is -2.32. The topological polar surface area (TPSA) is 102 Å². The van der Waals surface area contributed by atoms with E-state index in [-0.39, 0.29) is 33.4 Å². The van der Waals surface area contributed by atoms with Gasteiger partial charge in [0.1, 0.15) is 0 Å². The molecule has 3 rings (SSSR count). The van der Waals surface area contributed by atoms with E-state index >= 15 is 0 Å². The number of anilines is 2. The van der Waals surface area contributed by atoms with Crippen molar-refractivity contribution in [3.63, 3.8) is 0 Å². The molecule has 0 unspecified atom stereocenters. The molecule has 0 radical (unpaired) electrons. The number of hydrogen-bond acceptors (Lipinski definition) is 6. The molecule has 0 atom stereocenters. The van der Waals surface area contributed by atoms with Crippen molar-refractivity contribution in [2.24, 2.45) is 11.8 Å². The molecule has 2 heterocycles. The number of nitrogens with zero attached hydrogens (tertiary/aromatic N) is 2. The maximum absolute atomic E-state index is 12.8. The summed E-state index contributed by atoms with van der Waals surface area (Å²) in [5.41, 5.74) is 2.56. The molecule has 2 aromatic rings. The normalized spacial score (nSPS) is 13.6. The number of carbonyl (C=O) groups excluding carboxylic acids is 2. The summed E-state index contributed by atoms with van der Waals surface area (Å²) in [5, 5.41) is 5.26. The quantitative estimate of drug-likeness (QED) is 0.257. The van der Waals surface area contributed by atoms with E-state index in [1.54, 1.807) is 31.5 Å². The Kier molecular flexibility index (Phi) is 15.4. The maximum atomic E-state index is 12.8. The molecule has 0 aromatic carbocycles. The van der Waals surface area contributed by atoms with Crippen LogP contribution in [0.4, 0.5) is 20.2 Å². The van der Waals surface area contributed by atoms with Gasteiger partial charge in [-0.3, -0.25) is 9.59 Å². The number of nitrogens with one attached hydrogen (secondary N) is 2. The van der Waals surface area contributed by atoms with E-state index in [1.165, 1.54) is 19.4 Å². The van der Waals surface area contributed by atoms with Gasteiger partial charge in [-0.15, -0.1) is 0 Å². The van der Waals surface area contributed by atoms with Crippen molar-refractivity contribution in [3.05, 3.63) is 73.1 Å². The van der Waals surface area contributed by atoms with E-state index < -0.39 is 5.92 Å². The molecule has 1 aliphatic rings. The Morgan fingerprint density at radius 2 is 1.43 bits per heavy atom. The predicted molar refractivity (Wildman–Crippen MR) is 170 cm³/mol. The number of carbonyl (C=O) groups is 2. The van der Waals surface area contributed by atoms with Gasteiger partial charge in [-0.25, -0.2) is 18.7 Å². The first-order valence-electron chi connectivity index (χ1n) is 13.7. The summed E-state index contributed by atoms with van der Waals surface area (Å²) in [5.74, 6) is -1.79. The predicted octanol–water partition coefficient (Wildman–Crippen LogP) is 8.07. The molecule has 8 nitrogen and oxygen atoms in total. The molecule has 1 fully saturated rings. The lowest BCUT2D eigenvalue weighted by atomic mass is 9.81. The summed E-state index contributed by atoms with van der Waals surface area (Å²) in [6, 6.07) is 3.49. The summed E-state index contributed by atoms with van der Waals surface area (Å²) >= 11 is 0. The molecule has 0 bridgehead atoms. The van der Waals surface area contributed by atoms with Crippen LogP contribution in [-0.2, 0) is 9.59 Å². The molecule has 2 aromatic heterocycles. The lowest BCUT2D eigenvalue weighted by molar-refractivity contribution is -0.112. The SMILES string of the molecule is C=CC(=O)Nc1cnc(OC)c(/C=C/C2CC(F)(F)C2)c1.C=CC(=O)Nc1cnc(OC)c(/C=C/CC(C)C)c1.CC.[HH].[HH]. The first kappa shape index (κ1) is 35.7. The Bertz CT molecular complexity index is 1260. The number of allylic oxidation sites excluding steroid dienone is 2. The minimum Gasteiger partial charge on any atom is -0.481 e. The summed E-state index contributed by atoms with van der Waals surface area (Å²) in [7, 11) is 3.04. The Morgan fingerprint density at radius 1 is 0.976 bits per heavy atom. The number of methoxy groups -OCH3 is 2. The molecule has 10 heteroatoms. The van der Waals surface area contributed by atoms with Crippen LogP contribution in [0.1, 0.15) is 60.9 Å². The second-order valence-electron chi connectivity index (χ2n) is 9.45. The van der Waals surface area contributed by atoms with Crippen molar-refractivity contribution in [2.45, 2.75) is 52.9 Å². The summed E-state index contributed by atoms with van der Waals surface area (Å²) in [6.45, 7) is 15.1. The fourth-order valence-corrected chi connectivity index (χ4v) is 3.59. The number of aromatic nitrogens is 2. The smallest absolute Gasteiger partial charge is 0.249 e. The lowest BCUT2D eigenvalue weighted by Crippen LogP contribution is -2.33. The van der Waals surface area contributed by atoms with Crippen LogP contribution in [-0.4, -0.2) is 41.9 Å². The number of hydrogen-bond donors (Lipinski definition) is 2. The molecule has 0 aliphatic heterocycles. The van der Waals surface area contributed by atoms with E-state index in [2.05, 4.69) is 53.7 Å². The van der Waals surface area contributed by atoms with Crippen LogP contribution in [0.5, 0.6) is 11.8 Å². The number of alkyl halides is 2. The van der Waals surface area contributed by atoms with E-state index in [1.807, 2.05) is 26.0 Å². The van der Waals surface area contributed by atoms with Gasteiger partial charge >= 0.3 is 0 Å². The van der Waals surface area contributed by atoms with Gasteiger partial charge in [0, 0.05) is 26.8 Å². The van der Waals surface area contributed by atoms with Gasteiger partial charge < -0.3 is 20.1 Å². The van der Waals surface area contributed by atoms with Crippen molar-refractivity contribution in [2.75, 3.05) is 24.9 Å². The summed E-state index contributed by atoms with van der Waals surface area (Å²) < 4.78 is 35.9. The summed E-state index contributed by atoms with van der Waals surface area (Å²) in [6.07, 6.45) is 13.5. The second-order valence-corrected chi connectivity index (χ2v) is 9.45. The highest BCUT2D eigenvalue weighted by Crippen LogP contribution is 2.43. The van der Waals surface area contributed by atoms with Crippen molar-refractivity contribution >= 4 is 35.3 Å². The van der Waals surface area contributed by atoms with Gasteiger partial charge in [-0.05, 0) is 42.5 Å². The van der Waals surface area contributed by atoms with Crippen molar-refractivity contribution in [3.8, 4) is 11.8 Å². The van der Waals surface area contributed by atoms with Crippen molar-refractivity contribution in [1.82, 2.24) is 9.97 Å². The van der Waals surface area contributed by atoms with Crippen LogP contribution >= 0.6 is 0 Å². The van der Waals surface area contributed by atoms with Crippen LogP contribution in [0.25, 0.3) is 12.2 Å². The number of rotatable bonds is 11. The van der Waals surface area contributed by atoms with E-state index in [4.69, 9.17) is 9.47 Å². The molecule has 0 spiro atoms. The van der Waals surface area contributed by atoms with Gasteiger partial charge in [-0.2, -0.15) is 0 Å². The second kappa shape index (κ2) is 18.2. The van der Waals surface area contributed by atoms with E-state index in [9.17, 15) is 18.4 Å². The average Bonchev–Trinajstić information content (AvgIpc) is 2.96. The zero-order valence-corrected chi connectivity index (χ0v) is 25.2. The van der Waals surface area contributed by atoms with Crippen molar-refractivity contribution < 1.29 is 30.7 Å². The molecule has 1 aliphatic carbocycles. The molecular weight excluding hydrogens is 542 g/mol. The monoisotopic (exact) mass is 588 g/mol. The number of ether oxygens (including phenoxy) is 2. The Balaban J connectivity index is 0. The first-order chi connectivity index (χ1) is 20.0. The van der Waals surface area contributed by atoms with Gasteiger partial charge in [0.2, 0.25) is 29.5 Å². The van der Waals surface area contributed by atoms with Crippen LogP contribution < -0.4 is 20.1 Å². The van der Waals surface area contributed by atoms with Crippen LogP contribution in [0.15, 0.2) is 62.0 Å². The van der Waals surface area contributed by atoms with E-state index in [0.29, 0.717) is 34.6 Å². The minimum absolute atomic E-state index is 0. The fraction of sp³-hybridized carbons (Fsp3) is 0.375. The zero-order chi connectivity index (χ0) is 31.7. The highest BCUT2D eigenvalue weighted by Gasteiger charge is 2.43.